The van der Waals surface area contributed by atoms with Crippen molar-refractivity contribution >= 4 is 17.7 Å². The van der Waals surface area contributed by atoms with Crippen LogP contribution < -0.4 is 5.73 Å². The normalized spacial score (nSPS) is 16.6. The number of amides is 1. The van der Waals surface area contributed by atoms with Crippen LogP contribution in [0, 0.1) is 0 Å². The summed E-state index contributed by atoms with van der Waals surface area (Å²) >= 11 is 1.42. The van der Waals surface area contributed by atoms with Gasteiger partial charge in [-0.2, -0.15) is 0 Å². The molecule has 0 radical (unpaired) electrons. The predicted octanol–water partition coefficient (Wildman–Crippen LogP) is 3.29. The van der Waals surface area contributed by atoms with Gasteiger partial charge >= 0.3 is 0 Å². The van der Waals surface area contributed by atoms with Crippen LogP contribution in [0.15, 0.2) is 77.5 Å². The Morgan fingerprint density at radius 1 is 1.07 bits per heavy atom. The molecule has 0 saturated carbocycles. The highest BCUT2D eigenvalue weighted by atomic mass is 32.2. The Kier molecular flexibility index (Phi) is 5.16. The maximum Gasteiger partial charge on any atom is 0.257 e. The van der Waals surface area contributed by atoms with Gasteiger partial charge in [-0.05, 0) is 18.1 Å². The van der Waals surface area contributed by atoms with Gasteiger partial charge in [0.15, 0.2) is 5.50 Å². The lowest BCUT2D eigenvalue weighted by atomic mass is 10.1. The van der Waals surface area contributed by atoms with E-state index in [9.17, 15) is 4.79 Å². The Balaban J connectivity index is 1.59. The van der Waals surface area contributed by atoms with Gasteiger partial charge in [0.05, 0.1) is 16.8 Å². The fourth-order valence-electron chi connectivity index (χ4n) is 3.27. The van der Waals surface area contributed by atoms with E-state index >= 15 is 0 Å². The van der Waals surface area contributed by atoms with Gasteiger partial charge in [-0.1, -0.05) is 77.6 Å². The molecule has 1 aliphatic heterocycles. The van der Waals surface area contributed by atoms with Crippen LogP contribution in [0.3, 0.4) is 0 Å². The van der Waals surface area contributed by atoms with Crippen LogP contribution in [0.25, 0.3) is 0 Å². The minimum Gasteiger partial charge on any atom is -0.365 e. The van der Waals surface area contributed by atoms with Gasteiger partial charge in [0.25, 0.3) is 5.91 Å². The summed E-state index contributed by atoms with van der Waals surface area (Å²) in [7, 11) is 0. The Morgan fingerprint density at radius 2 is 1.71 bits per heavy atom. The van der Waals surface area contributed by atoms with Crippen molar-refractivity contribution in [2.75, 3.05) is 0 Å². The van der Waals surface area contributed by atoms with Crippen LogP contribution in [0.5, 0.6) is 0 Å². The third kappa shape index (κ3) is 3.80. The molecule has 3 aromatic rings. The van der Waals surface area contributed by atoms with Crippen molar-refractivity contribution in [1.82, 2.24) is 19.9 Å². The fraction of sp³-hybridized carbons (Fsp3) is 0.190. The molecule has 0 spiro atoms. The quantitative estimate of drug-likeness (QED) is 0.698. The van der Waals surface area contributed by atoms with Crippen LogP contribution in [-0.4, -0.2) is 25.8 Å². The molecule has 1 aliphatic rings. The van der Waals surface area contributed by atoms with Gasteiger partial charge in [0.1, 0.15) is 0 Å². The lowest BCUT2D eigenvalue weighted by Gasteiger charge is -2.27. The molecule has 1 amide bonds. The predicted molar refractivity (Wildman–Crippen MR) is 110 cm³/mol. The monoisotopic (exact) mass is 391 g/mol. The van der Waals surface area contributed by atoms with Gasteiger partial charge in [0, 0.05) is 18.7 Å². The molecule has 2 heterocycles. The molecule has 1 atom stereocenters. The SMILES string of the molecule is CC1=C(C(N)=O)SC(n2cc(Cc3ccccc3)nn2)N1Cc1ccccc1. The molecule has 2 N–H and O–H groups in total. The molecule has 6 nitrogen and oxygen atoms in total. The molecular formula is C21H21N5OS. The van der Waals surface area contributed by atoms with Crippen molar-refractivity contribution in [3.05, 3.63) is 94.3 Å². The van der Waals surface area contributed by atoms with E-state index < -0.39 is 5.91 Å². The van der Waals surface area contributed by atoms with Gasteiger partial charge in [-0.25, -0.2) is 4.68 Å². The maximum atomic E-state index is 11.9. The zero-order valence-electron chi connectivity index (χ0n) is 15.5. The summed E-state index contributed by atoms with van der Waals surface area (Å²) in [5.74, 6) is -0.410. The maximum absolute atomic E-state index is 11.9. The summed E-state index contributed by atoms with van der Waals surface area (Å²) in [5.41, 5.74) is 9.50. The van der Waals surface area contributed by atoms with Gasteiger partial charge < -0.3 is 10.6 Å². The molecule has 0 saturated heterocycles. The zero-order chi connectivity index (χ0) is 19.5. The van der Waals surface area contributed by atoms with Crippen molar-refractivity contribution in [1.29, 1.82) is 0 Å². The first-order chi connectivity index (χ1) is 13.6. The van der Waals surface area contributed by atoms with Crippen molar-refractivity contribution < 1.29 is 4.79 Å². The first-order valence-corrected chi connectivity index (χ1v) is 9.92. The molecule has 28 heavy (non-hydrogen) atoms. The Morgan fingerprint density at radius 3 is 2.36 bits per heavy atom. The first-order valence-electron chi connectivity index (χ1n) is 9.04. The summed E-state index contributed by atoms with van der Waals surface area (Å²) in [4.78, 5) is 14.6. The molecule has 0 bridgehead atoms. The van der Waals surface area contributed by atoms with E-state index in [1.165, 1.54) is 17.3 Å². The molecule has 2 aromatic carbocycles. The lowest BCUT2D eigenvalue weighted by molar-refractivity contribution is -0.114. The molecule has 4 rings (SSSR count). The first kappa shape index (κ1) is 18.3. The summed E-state index contributed by atoms with van der Waals surface area (Å²) in [5, 5.41) is 8.67. The minimum absolute atomic E-state index is 0.195. The highest BCUT2D eigenvalue weighted by molar-refractivity contribution is 8.04. The molecule has 142 valence electrons. The second-order valence-corrected chi connectivity index (χ2v) is 7.75. The van der Waals surface area contributed by atoms with E-state index in [4.69, 9.17) is 5.73 Å². The largest absolute Gasteiger partial charge is 0.365 e. The number of aromatic nitrogens is 3. The Hall–Kier alpha value is -3.06. The number of carbonyl (C=O) groups excluding carboxylic acids is 1. The fourth-order valence-corrected chi connectivity index (χ4v) is 4.45. The van der Waals surface area contributed by atoms with Gasteiger partial charge in [-0.15, -0.1) is 5.10 Å². The molecule has 7 heteroatoms. The smallest absolute Gasteiger partial charge is 0.257 e. The van der Waals surface area contributed by atoms with Crippen LogP contribution >= 0.6 is 11.8 Å². The molecule has 1 unspecified atom stereocenters. The zero-order valence-corrected chi connectivity index (χ0v) is 16.3. The van der Waals surface area contributed by atoms with Crippen LogP contribution in [0.2, 0.25) is 0 Å². The molecule has 0 aliphatic carbocycles. The summed E-state index contributed by atoms with van der Waals surface area (Å²) < 4.78 is 1.81. The van der Waals surface area contributed by atoms with Crippen LogP contribution in [0.4, 0.5) is 0 Å². The highest BCUT2D eigenvalue weighted by Gasteiger charge is 2.34. The molecule has 1 aromatic heterocycles. The second-order valence-electron chi connectivity index (χ2n) is 6.69. The number of hydrogen-bond donors (Lipinski definition) is 1. The average Bonchev–Trinajstić information content (AvgIpc) is 3.28. The minimum atomic E-state index is -0.410. The number of hydrogen-bond acceptors (Lipinski definition) is 5. The van der Waals surface area contributed by atoms with Crippen LogP contribution in [-0.2, 0) is 17.8 Å². The summed E-state index contributed by atoms with van der Waals surface area (Å²) in [6.45, 7) is 2.59. The second kappa shape index (κ2) is 7.90. The number of primary amides is 1. The third-order valence-corrected chi connectivity index (χ3v) is 6.09. The van der Waals surface area contributed by atoms with Crippen molar-refractivity contribution in [2.24, 2.45) is 5.73 Å². The van der Waals surface area contributed by atoms with Gasteiger partial charge in [0.2, 0.25) is 0 Å². The van der Waals surface area contributed by atoms with E-state index in [-0.39, 0.29) is 5.50 Å². The van der Waals surface area contributed by atoms with Crippen LogP contribution in [0.1, 0.15) is 29.2 Å². The molecule has 0 fully saturated rings. The number of thioether (sulfide) groups is 1. The standard InChI is InChI=1S/C21H21N5OS/c1-15-19(20(22)27)28-21(25(15)13-17-10-6-3-7-11-17)26-14-18(23-24-26)12-16-8-4-2-5-9-16/h2-11,14,21H,12-13H2,1H3,(H2,22,27). The number of benzene rings is 2. The summed E-state index contributed by atoms with van der Waals surface area (Å²) in [6.07, 6.45) is 2.66. The topological polar surface area (TPSA) is 77.0 Å². The number of nitrogens with zero attached hydrogens (tertiary/aromatic N) is 4. The number of rotatable bonds is 6. The van der Waals surface area contributed by atoms with Crippen molar-refractivity contribution in [2.45, 2.75) is 25.4 Å². The van der Waals surface area contributed by atoms with E-state index in [1.807, 2.05) is 54.2 Å². The van der Waals surface area contributed by atoms with E-state index in [0.29, 0.717) is 17.9 Å². The van der Waals surface area contributed by atoms with Crippen molar-refractivity contribution in [3.63, 3.8) is 0 Å². The van der Waals surface area contributed by atoms with Crippen molar-refractivity contribution in [3.8, 4) is 0 Å². The van der Waals surface area contributed by atoms with E-state index in [2.05, 4.69) is 39.5 Å². The molecular weight excluding hydrogens is 370 g/mol. The Labute approximate surface area is 168 Å². The lowest BCUT2D eigenvalue weighted by Crippen LogP contribution is -2.26. The average molecular weight is 392 g/mol. The number of carbonyl (C=O) groups is 1. The third-order valence-electron chi connectivity index (χ3n) is 4.68. The van der Waals surface area contributed by atoms with E-state index in [1.54, 1.807) is 0 Å². The Bertz CT molecular complexity index is 1000. The highest BCUT2D eigenvalue weighted by Crippen LogP contribution is 2.44. The van der Waals surface area contributed by atoms with E-state index in [0.717, 1.165) is 17.0 Å². The number of allylic oxidation sites excluding steroid dienone is 1. The summed E-state index contributed by atoms with van der Waals surface area (Å²) in [6, 6.07) is 20.3. The number of nitrogens with two attached hydrogens (primary N) is 1. The van der Waals surface area contributed by atoms with Gasteiger partial charge in [-0.3, -0.25) is 4.79 Å².